The Morgan fingerprint density at radius 3 is 1.98 bits per heavy atom. The van der Waals surface area contributed by atoms with Gasteiger partial charge in [0, 0.05) is 11.8 Å². The van der Waals surface area contributed by atoms with Crippen molar-refractivity contribution in [1.82, 2.24) is 9.55 Å². The van der Waals surface area contributed by atoms with Gasteiger partial charge in [-0.05, 0) is 47.9 Å². The summed E-state index contributed by atoms with van der Waals surface area (Å²) in [6, 6.07) is 23.9. The molecule has 41 heavy (non-hydrogen) atoms. The smallest absolute Gasteiger partial charge is 0.330 e. The van der Waals surface area contributed by atoms with Crippen molar-refractivity contribution in [3.63, 3.8) is 0 Å². The summed E-state index contributed by atoms with van der Waals surface area (Å²) in [7, 11) is 3.21. The SMILES string of the molecule is COc1ccc(C(OC[C@H]2O[C@@H](n3cc(C)c(=O)[nH]c3=O)[C@H](N)[C@@H]2O)(c2ccccc2)c2ccc(OC)cc2)cc1. The van der Waals surface area contributed by atoms with E-state index in [1.807, 2.05) is 78.9 Å². The second-order valence-corrected chi connectivity index (χ2v) is 9.93. The van der Waals surface area contributed by atoms with E-state index in [1.54, 1.807) is 21.1 Å². The number of aromatic nitrogens is 2. The maximum absolute atomic E-state index is 12.6. The third-order valence-electron chi connectivity index (χ3n) is 7.48. The van der Waals surface area contributed by atoms with Gasteiger partial charge in [0.2, 0.25) is 0 Å². The van der Waals surface area contributed by atoms with E-state index in [0.29, 0.717) is 17.1 Å². The average molecular weight is 560 g/mol. The highest BCUT2D eigenvalue weighted by atomic mass is 16.6. The number of nitrogens with two attached hydrogens (primary N) is 1. The van der Waals surface area contributed by atoms with Crippen LogP contribution in [0.3, 0.4) is 0 Å². The third-order valence-corrected chi connectivity index (χ3v) is 7.48. The molecular formula is C31H33N3O7. The molecule has 0 unspecified atom stereocenters. The molecule has 10 nitrogen and oxygen atoms in total. The number of aliphatic hydroxyl groups is 1. The summed E-state index contributed by atoms with van der Waals surface area (Å²) < 4.78 is 24.9. The largest absolute Gasteiger partial charge is 0.497 e. The Labute approximate surface area is 236 Å². The zero-order chi connectivity index (χ0) is 29.1. The molecule has 0 amide bonds. The number of aromatic amines is 1. The molecule has 4 atom stereocenters. The summed E-state index contributed by atoms with van der Waals surface area (Å²) in [4.78, 5) is 26.7. The number of nitrogens with one attached hydrogen (secondary N) is 1. The standard InChI is InChI=1S/C31H33N3O7/c1-19-17-34(30(37)33-28(19)36)29-26(32)27(35)25(41-29)18-40-31(20-7-5-4-6-8-20,21-9-13-23(38-2)14-10-21)22-11-15-24(39-3)16-12-22/h4-17,25-27,29,35H,18,32H2,1-3H3,(H,33,36,37)/t25-,26-,27-,29-/m1/s1. The molecule has 1 saturated heterocycles. The number of aliphatic hydroxyl groups excluding tert-OH is 1. The predicted octanol–water partition coefficient (Wildman–Crippen LogP) is 2.46. The van der Waals surface area contributed by atoms with Crippen LogP contribution in [-0.4, -0.2) is 53.7 Å². The first-order valence-electron chi connectivity index (χ1n) is 13.2. The molecule has 1 aliphatic heterocycles. The third kappa shape index (κ3) is 5.30. The van der Waals surface area contributed by atoms with E-state index >= 15 is 0 Å². The van der Waals surface area contributed by atoms with Gasteiger partial charge < -0.3 is 29.8 Å². The van der Waals surface area contributed by atoms with E-state index in [4.69, 9.17) is 24.7 Å². The van der Waals surface area contributed by atoms with Gasteiger partial charge in [-0.25, -0.2) is 4.79 Å². The van der Waals surface area contributed by atoms with Gasteiger partial charge in [0.15, 0.2) is 6.23 Å². The van der Waals surface area contributed by atoms with Gasteiger partial charge in [0.25, 0.3) is 5.56 Å². The number of hydrogen-bond donors (Lipinski definition) is 3. The lowest BCUT2D eigenvalue weighted by Gasteiger charge is -2.37. The second-order valence-electron chi connectivity index (χ2n) is 9.93. The Bertz CT molecular complexity index is 1540. The maximum atomic E-state index is 12.6. The fraction of sp³-hybridized carbons (Fsp3) is 0.290. The molecule has 10 heteroatoms. The van der Waals surface area contributed by atoms with Crippen LogP contribution in [0.5, 0.6) is 11.5 Å². The Morgan fingerprint density at radius 1 is 0.902 bits per heavy atom. The summed E-state index contributed by atoms with van der Waals surface area (Å²) >= 11 is 0. The van der Waals surface area contributed by atoms with Crippen molar-refractivity contribution in [2.45, 2.75) is 37.0 Å². The van der Waals surface area contributed by atoms with E-state index in [-0.39, 0.29) is 6.61 Å². The fourth-order valence-corrected chi connectivity index (χ4v) is 5.21. The summed E-state index contributed by atoms with van der Waals surface area (Å²) in [6.45, 7) is 1.50. The quantitative estimate of drug-likeness (QED) is 0.266. The first-order chi connectivity index (χ1) is 19.8. The van der Waals surface area contributed by atoms with Crippen LogP contribution < -0.4 is 26.5 Å². The Balaban J connectivity index is 1.56. The Kier molecular flexibility index (Phi) is 8.09. The molecule has 0 bridgehead atoms. The first kappa shape index (κ1) is 28.3. The number of aryl methyl sites for hydroxylation is 1. The number of rotatable bonds is 9. The zero-order valence-corrected chi connectivity index (χ0v) is 23.0. The molecule has 0 radical (unpaired) electrons. The number of ether oxygens (including phenoxy) is 4. The van der Waals surface area contributed by atoms with Gasteiger partial charge in [-0.1, -0.05) is 54.6 Å². The van der Waals surface area contributed by atoms with E-state index in [1.165, 1.54) is 10.8 Å². The van der Waals surface area contributed by atoms with Gasteiger partial charge in [0.1, 0.15) is 29.3 Å². The van der Waals surface area contributed by atoms with E-state index < -0.39 is 41.3 Å². The molecule has 1 aromatic heterocycles. The number of hydrogen-bond acceptors (Lipinski definition) is 8. The molecule has 0 aliphatic carbocycles. The van der Waals surface area contributed by atoms with Crippen LogP contribution in [0, 0.1) is 6.92 Å². The first-order valence-corrected chi connectivity index (χ1v) is 13.2. The minimum absolute atomic E-state index is 0.0740. The summed E-state index contributed by atoms with van der Waals surface area (Å²) in [5.74, 6) is 1.38. The number of methoxy groups -OCH3 is 2. The van der Waals surface area contributed by atoms with Gasteiger partial charge in [-0.15, -0.1) is 0 Å². The van der Waals surface area contributed by atoms with Crippen molar-refractivity contribution in [3.05, 3.63) is 128 Å². The minimum atomic E-state index is -1.15. The lowest BCUT2D eigenvalue weighted by atomic mass is 9.80. The number of benzene rings is 3. The van der Waals surface area contributed by atoms with Crippen LogP contribution in [-0.2, 0) is 15.1 Å². The van der Waals surface area contributed by atoms with Gasteiger partial charge in [-0.3, -0.25) is 14.3 Å². The molecule has 4 aromatic rings. The summed E-state index contributed by atoms with van der Waals surface area (Å²) in [6.07, 6.45) is -1.66. The molecule has 0 spiro atoms. The molecule has 2 heterocycles. The molecule has 0 saturated carbocycles. The van der Waals surface area contributed by atoms with E-state index in [9.17, 15) is 14.7 Å². The monoisotopic (exact) mass is 559 g/mol. The molecule has 1 fully saturated rings. The summed E-state index contributed by atoms with van der Waals surface area (Å²) in [5, 5.41) is 11.1. The van der Waals surface area contributed by atoms with Crippen LogP contribution in [0.1, 0.15) is 28.5 Å². The van der Waals surface area contributed by atoms with Crippen molar-refractivity contribution in [1.29, 1.82) is 0 Å². The molecule has 214 valence electrons. The fourth-order valence-electron chi connectivity index (χ4n) is 5.21. The highest BCUT2D eigenvalue weighted by Crippen LogP contribution is 2.42. The van der Waals surface area contributed by atoms with Crippen molar-refractivity contribution in [2.24, 2.45) is 5.73 Å². The van der Waals surface area contributed by atoms with Crippen LogP contribution in [0.2, 0.25) is 0 Å². The maximum Gasteiger partial charge on any atom is 0.330 e. The van der Waals surface area contributed by atoms with E-state index in [0.717, 1.165) is 16.7 Å². The normalized spacial score (nSPS) is 20.6. The topological polar surface area (TPSA) is 138 Å². The second kappa shape index (κ2) is 11.7. The molecule has 4 N–H and O–H groups in total. The highest BCUT2D eigenvalue weighted by Gasteiger charge is 2.46. The van der Waals surface area contributed by atoms with Crippen molar-refractivity contribution in [3.8, 4) is 11.5 Å². The Hall–Kier alpha value is -4.22. The summed E-state index contributed by atoms with van der Waals surface area (Å²) in [5.41, 5.74) is 6.82. The van der Waals surface area contributed by atoms with Crippen molar-refractivity contribution < 1.29 is 24.1 Å². The van der Waals surface area contributed by atoms with Gasteiger partial charge in [-0.2, -0.15) is 0 Å². The molecule has 1 aliphatic rings. The van der Waals surface area contributed by atoms with Crippen molar-refractivity contribution in [2.75, 3.05) is 20.8 Å². The predicted molar refractivity (Wildman–Crippen MR) is 152 cm³/mol. The van der Waals surface area contributed by atoms with Crippen LogP contribution in [0.25, 0.3) is 0 Å². The average Bonchev–Trinajstić information content (AvgIpc) is 3.29. The van der Waals surface area contributed by atoms with Gasteiger partial charge in [0.05, 0.1) is 26.9 Å². The van der Waals surface area contributed by atoms with Crippen LogP contribution >= 0.6 is 0 Å². The molecule has 5 rings (SSSR count). The van der Waals surface area contributed by atoms with E-state index in [2.05, 4.69) is 4.98 Å². The molecule has 3 aromatic carbocycles. The number of H-pyrrole nitrogens is 1. The highest BCUT2D eigenvalue weighted by molar-refractivity contribution is 5.49. The van der Waals surface area contributed by atoms with Crippen LogP contribution in [0.4, 0.5) is 0 Å². The van der Waals surface area contributed by atoms with Gasteiger partial charge >= 0.3 is 5.69 Å². The lowest BCUT2D eigenvalue weighted by Crippen LogP contribution is -2.44. The lowest BCUT2D eigenvalue weighted by molar-refractivity contribution is -0.0945. The van der Waals surface area contributed by atoms with Crippen molar-refractivity contribution >= 4 is 0 Å². The Morgan fingerprint density at radius 2 is 1.44 bits per heavy atom. The molecular weight excluding hydrogens is 526 g/mol. The number of nitrogens with zero attached hydrogens (tertiary/aromatic N) is 1. The minimum Gasteiger partial charge on any atom is -0.497 e. The zero-order valence-electron chi connectivity index (χ0n) is 23.0. The van der Waals surface area contributed by atoms with Crippen LogP contribution in [0.15, 0.2) is 94.6 Å².